The topological polar surface area (TPSA) is 64.7 Å². The van der Waals surface area contributed by atoms with Gasteiger partial charge < -0.3 is 14.4 Å². The number of aryl methyl sites for hydroxylation is 2. The maximum Gasteiger partial charge on any atom is 0.0365 e. The second kappa shape index (κ2) is 35.7. The summed E-state index contributed by atoms with van der Waals surface area (Å²) in [7, 11) is 0. The van der Waals surface area contributed by atoms with Crippen LogP contribution in [0.15, 0.2) is 314 Å². The monoisotopic (exact) mass is 1980 g/mol. The van der Waals surface area contributed by atoms with E-state index in [0.29, 0.717) is 50.3 Å². The molecule has 5 nitrogen and oxygen atoms in total. The van der Waals surface area contributed by atoms with Crippen LogP contribution in [-0.4, -0.2) is 46.5 Å². The molecule has 0 aliphatic heterocycles. The van der Waals surface area contributed by atoms with E-state index in [-0.39, 0.29) is 56.8 Å². The zero-order chi connectivity index (χ0) is 87.2. The van der Waals surface area contributed by atoms with Crippen molar-refractivity contribution in [2.24, 2.45) is 0 Å². The summed E-state index contributed by atoms with van der Waals surface area (Å²) in [5.41, 5.74) is 14.4. The van der Waals surface area contributed by atoms with Crippen LogP contribution in [0.1, 0.15) is 87.3 Å². The number of hydrogen-bond donors (Lipinski definition) is 0. The summed E-state index contributed by atoms with van der Waals surface area (Å²) >= 11 is -2.99. The molecular weight excluding hydrogens is 1870 g/mol. The van der Waals surface area contributed by atoms with Crippen LogP contribution in [0.4, 0.5) is 0 Å². The third-order valence-electron chi connectivity index (χ3n) is 19.5. The van der Waals surface area contributed by atoms with Crippen LogP contribution < -0.4 is 8.79 Å². The van der Waals surface area contributed by atoms with E-state index in [1.54, 1.807) is 78.5 Å². The minimum Gasteiger partial charge on any atom is -0.305 e. The van der Waals surface area contributed by atoms with Gasteiger partial charge in [0.1, 0.15) is 5.58 Å². The first-order valence-corrected chi connectivity index (χ1v) is 52.7. The van der Waals surface area contributed by atoms with Gasteiger partial charge in [0.15, 0.2) is 0 Å². The minimum absolute atomic E-state index is 0. The van der Waals surface area contributed by atoms with Gasteiger partial charge in [0, 0.05) is 75.1 Å². The van der Waals surface area contributed by atoms with Gasteiger partial charge in [-0.1, -0.05) is 138 Å². The number of nitrogens with zero attached hydrogens (tertiary/aromatic N) is 4. The Balaban J connectivity index is 0.000000143. The second-order valence-electron chi connectivity index (χ2n) is 30.7. The third kappa shape index (κ3) is 19.3. The standard InChI is InChI=1S/C28H18NO.C28H18NS.C25H30GeN.C22H24GeN.2Ir/c1-18-15-25(29-17-24(18)19-7-3-2-4-8-19)21-12-13-26-23(16-21)28-22-10-6-5-9-20(22)11-14-27(28)30-26;1-2-6-19(7-3-1)14-20-12-13-29-26(15-20)23-10-11-27-24(17-23)25-16-21-8-4-5-9-22(21)18-28(25)30-27;1-25(2,3)22-14-10-13-20(16-22)24-17-21(15-19-11-8-7-9-12-19)23(18-27-24)26(4,5)6;1-17-10-12-19(13-11-17)22-15-20(14-18-8-6-5-7-9-18)21(16-24-22)23(2,3)4;;/h2-11,13-17H,1H3;1-9,11-13,15-18H,14H2;7-12,14,16-18H,15H2,1-6H3;5-12,15-16H,14H2,1-4H3;;/q4*-1;;/i1D3;14D2;15D2;1D3,14D2;;. The average molecular weight is 1970 g/mol. The fraction of sp³-hybridized carbons (Fsp3) is 0.146. The molecule has 564 valence electrons. The number of fused-ring (bicyclic) bond motifs is 9. The molecule has 0 saturated carbocycles. The van der Waals surface area contributed by atoms with E-state index >= 15 is 0 Å². The Bertz CT molecular complexity index is 6900. The van der Waals surface area contributed by atoms with Gasteiger partial charge in [-0.3, -0.25) is 0 Å². The van der Waals surface area contributed by atoms with Crippen LogP contribution in [0.2, 0.25) is 34.5 Å². The van der Waals surface area contributed by atoms with Crippen molar-refractivity contribution in [2.45, 2.75) is 93.5 Å². The molecule has 0 spiro atoms. The quantitative estimate of drug-likeness (QED) is 0.0850. The van der Waals surface area contributed by atoms with Crippen LogP contribution in [0, 0.1) is 38.0 Å². The number of rotatable bonds is 13. The molecule has 113 heavy (non-hydrogen) atoms. The number of pyridine rings is 4. The van der Waals surface area contributed by atoms with Crippen molar-refractivity contribution in [1.82, 2.24) is 19.9 Å². The summed E-state index contributed by atoms with van der Waals surface area (Å²) in [6, 6.07) is 103. The molecule has 0 bridgehead atoms. The Morgan fingerprint density at radius 3 is 1.55 bits per heavy atom. The Kier molecular flexibility index (Phi) is 21.0. The van der Waals surface area contributed by atoms with Crippen LogP contribution in [0.3, 0.4) is 0 Å². The molecule has 0 aliphatic carbocycles. The van der Waals surface area contributed by atoms with E-state index in [9.17, 15) is 0 Å². The van der Waals surface area contributed by atoms with Gasteiger partial charge in [-0.15, -0.1) is 47.5 Å². The van der Waals surface area contributed by atoms with Gasteiger partial charge in [-0.05, 0) is 103 Å². The van der Waals surface area contributed by atoms with Crippen LogP contribution in [0.25, 0.3) is 120 Å². The van der Waals surface area contributed by atoms with Gasteiger partial charge in [-0.2, -0.15) is 11.3 Å². The molecule has 0 saturated heterocycles. The first-order chi connectivity index (χ1) is 58.4. The number of thiophene rings is 1. The smallest absolute Gasteiger partial charge is 0.0365 e. The van der Waals surface area contributed by atoms with Crippen molar-refractivity contribution in [1.29, 1.82) is 0 Å². The number of aromatic nitrogens is 4. The van der Waals surface area contributed by atoms with Crippen LogP contribution >= 0.6 is 11.3 Å². The van der Waals surface area contributed by atoms with Gasteiger partial charge in [0.05, 0.1) is 5.58 Å². The molecule has 0 amide bonds. The van der Waals surface area contributed by atoms with Crippen molar-refractivity contribution in [3.63, 3.8) is 0 Å². The molecule has 10 heteroatoms. The van der Waals surface area contributed by atoms with Gasteiger partial charge in [0.25, 0.3) is 0 Å². The Morgan fingerprint density at radius 1 is 0.407 bits per heavy atom. The van der Waals surface area contributed by atoms with E-state index in [4.69, 9.17) is 25.9 Å². The molecule has 6 aromatic heterocycles. The first-order valence-electron chi connectivity index (χ1n) is 43.2. The minimum atomic E-state index is -2.42. The third-order valence-corrected chi connectivity index (χ3v) is 29.1. The summed E-state index contributed by atoms with van der Waals surface area (Å²) in [5, 5.41) is 9.13. The molecule has 0 N–H and O–H groups in total. The van der Waals surface area contributed by atoms with E-state index in [1.807, 2.05) is 164 Å². The van der Waals surface area contributed by atoms with Crippen molar-refractivity contribution in [2.75, 3.05) is 0 Å². The molecule has 18 rings (SSSR count). The van der Waals surface area contributed by atoms with E-state index in [1.165, 1.54) is 42.6 Å². The SMILES string of the molecule is [2H]C([2H])([2H])c1c[c-]c(-c2cc(C([2H])([2H])c3ccccc3)[c]([Ge]([CH3])([CH3])[CH3])cn2)cc1.[2H]C([2H])([2H])c1cc(-c2[c-]cc3oc4ccc5ccccc5c4c3c2)ncc1-c1ccccc1.[2H]C([2H])(c1ccccc1)c1cc(-c2[c-]ccc(C(C)(C)C)c2)nc[c]1[Ge]([CH3])([CH3])[CH3].[2H]C([2H])(c1ccccc1)c1ccnc(-c2[c-]cc3sc4cc5ccccc5cc4c3c2)c1.[Ir].[Ir]. The molecule has 18 aromatic rings. The predicted molar refractivity (Wildman–Crippen MR) is 477 cm³/mol. The molecule has 12 aromatic carbocycles. The molecule has 6 heterocycles. The van der Waals surface area contributed by atoms with Crippen molar-refractivity contribution in [3.05, 3.63) is 384 Å². The Hall–Kier alpha value is -9.84. The van der Waals surface area contributed by atoms with Gasteiger partial charge >= 0.3 is 325 Å². The molecule has 0 atom stereocenters. The number of benzene rings is 12. The fourth-order valence-electron chi connectivity index (χ4n) is 13.6. The van der Waals surface area contributed by atoms with Crippen LogP contribution in [0.5, 0.6) is 0 Å². The zero-order valence-corrected chi connectivity index (χ0v) is 74.0. The summed E-state index contributed by atoms with van der Waals surface area (Å²) in [6.07, 6.45) is 2.22. The first kappa shape index (κ1) is 66.6. The zero-order valence-electron chi connectivity index (χ0n) is 76.2. The summed E-state index contributed by atoms with van der Waals surface area (Å²) in [4.78, 5) is 18.5. The van der Waals surface area contributed by atoms with Crippen molar-refractivity contribution < 1.29 is 61.1 Å². The molecule has 0 aliphatic rings. The Morgan fingerprint density at radius 2 is 0.938 bits per heavy atom. The molecule has 0 fully saturated rings. The van der Waals surface area contributed by atoms with Gasteiger partial charge in [0.2, 0.25) is 0 Å². The second-order valence-corrected chi connectivity index (χ2v) is 52.9. The van der Waals surface area contributed by atoms with Crippen molar-refractivity contribution in [3.8, 4) is 56.2 Å². The average Bonchev–Trinajstić information content (AvgIpc) is 1.63. The largest absolute Gasteiger partial charge is 0.305 e. The van der Waals surface area contributed by atoms with Gasteiger partial charge in [-0.25, -0.2) is 0 Å². The van der Waals surface area contributed by atoms with E-state index in [2.05, 4.69) is 167 Å². The normalized spacial score (nSPS) is 13.6. The van der Waals surface area contributed by atoms with Crippen molar-refractivity contribution >= 4 is 110 Å². The van der Waals surface area contributed by atoms with Crippen LogP contribution in [-0.2, 0) is 64.7 Å². The maximum atomic E-state index is 8.99. The summed E-state index contributed by atoms with van der Waals surface area (Å²) in [5.74, 6) is 13.5. The maximum absolute atomic E-state index is 8.99. The molecule has 0 unspecified atom stereocenters. The van der Waals surface area contributed by atoms with E-state index in [0.717, 1.165) is 80.7 Å². The summed E-state index contributed by atoms with van der Waals surface area (Å²) < 4.78 is 111. The van der Waals surface area contributed by atoms with E-state index < -0.39 is 59.4 Å². The molecular formula is C103H90Ge2Ir2N4OS-4. The Labute approximate surface area is 719 Å². The predicted octanol–water partition coefficient (Wildman–Crippen LogP) is 26.2. The number of hydrogen-bond acceptors (Lipinski definition) is 6. The number of furan rings is 1. The summed E-state index contributed by atoms with van der Waals surface area (Å²) in [6.45, 7) is 2.12. The molecule has 2 radical (unpaired) electrons. The fourth-order valence-corrected chi connectivity index (χ4v) is 20.6.